The number of nitrogens with zero attached hydrogens (tertiary/aromatic N) is 1. The standard InChI is InChI=1S/C12H24N2O4S/c15-9-12-3-1-5-14(8-12)19(16,17)13-7-11-4-2-6-18-10-11/h11-13,15H,1-10H2. The fourth-order valence-electron chi connectivity index (χ4n) is 2.68. The Labute approximate surface area is 115 Å². The molecule has 0 aliphatic carbocycles. The van der Waals surface area contributed by atoms with Crippen LogP contribution in [0.15, 0.2) is 0 Å². The molecule has 2 aliphatic rings. The van der Waals surface area contributed by atoms with Gasteiger partial charge in [-0.1, -0.05) is 0 Å². The lowest BCUT2D eigenvalue weighted by Gasteiger charge is -2.31. The second-order valence-electron chi connectivity index (χ2n) is 5.49. The van der Waals surface area contributed by atoms with Gasteiger partial charge in [-0.15, -0.1) is 0 Å². The zero-order valence-electron chi connectivity index (χ0n) is 11.3. The molecule has 19 heavy (non-hydrogen) atoms. The van der Waals surface area contributed by atoms with Gasteiger partial charge >= 0.3 is 0 Å². The molecule has 0 aromatic rings. The summed E-state index contributed by atoms with van der Waals surface area (Å²) in [6, 6.07) is 0. The summed E-state index contributed by atoms with van der Waals surface area (Å²) >= 11 is 0. The van der Waals surface area contributed by atoms with Gasteiger partial charge in [0, 0.05) is 32.8 Å². The van der Waals surface area contributed by atoms with Crippen molar-refractivity contribution in [1.82, 2.24) is 9.03 Å². The molecule has 0 aromatic carbocycles. The zero-order valence-corrected chi connectivity index (χ0v) is 12.1. The first kappa shape index (κ1) is 15.2. The topological polar surface area (TPSA) is 78.9 Å². The maximum absolute atomic E-state index is 12.2. The van der Waals surface area contributed by atoms with Gasteiger partial charge in [0.15, 0.2) is 0 Å². The van der Waals surface area contributed by atoms with Gasteiger partial charge in [-0.25, -0.2) is 4.72 Å². The smallest absolute Gasteiger partial charge is 0.279 e. The number of rotatable bonds is 5. The van der Waals surface area contributed by atoms with Crippen LogP contribution in [0.4, 0.5) is 0 Å². The van der Waals surface area contributed by atoms with Crippen molar-refractivity contribution in [1.29, 1.82) is 0 Å². The Balaban J connectivity index is 1.83. The Morgan fingerprint density at radius 3 is 2.74 bits per heavy atom. The molecule has 2 heterocycles. The molecule has 0 aromatic heterocycles. The SMILES string of the molecule is O=S(=O)(NCC1CCCOC1)N1CCCC(CO)C1. The summed E-state index contributed by atoms with van der Waals surface area (Å²) in [4.78, 5) is 0. The van der Waals surface area contributed by atoms with Crippen LogP contribution in [-0.4, -0.2) is 57.3 Å². The quantitative estimate of drug-likeness (QED) is 0.745. The molecule has 2 atom stereocenters. The van der Waals surface area contributed by atoms with E-state index >= 15 is 0 Å². The molecule has 0 spiro atoms. The normalized spacial score (nSPS) is 30.4. The fraction of sp³-hybridized carbons (Fsp3) is 1.00. The third-order valence-corrected chi connectivity index (χ3v) is 5.43. The van der Waals surface area contributed by atoms with E-state index in [4.69, 9.17) is 9.84 Å². The maximum Gasteiger partial charge on any atom is 0.279 e. The summed E-state index contributed by atoms with van der Waals surface area (Å²) in [6.07, 6.45) is 3.74. The lowest BCUT2D eigenvalue weighted by molar-refractivity contribution is 0.0565. The predicted molar refractivity (Wildman–Crippen MR) is 71.8 cm³/mol. The fourth-order valence-corrected chi connectivity index (χ4v) is 4.08. The Kier molecular flexibility index (Phi) is 5.58. The minimum absolute atomic E-state index is 0.0580. The molecule has 2 aliphatic heterocycles. The average molecular weight is 292 g/mol. The molecule has 7 heteroatoms. The van der Waals surface area contributed by atoms with E-state index in [2.05, 4.69) is 4.72 Å². The first-order chi connectivity index (χ1) is 9.12. The van der Waals surface area contributed by atoms with E-state index in [0.29, 0.717) is 26.2 Å². The highest BCUT2D eigenvalue weighted by Crippen LogP contribution is 2.18. The molecule has 0 amide bonds. The molecule has 0 saturated carbocycles. The highest BCUT2D eigenvalue weighted by atomic mass is 32.2. The predicted octanol–water partition coefficient (Wildman–Crippen LogP) is -0.0483. The number of aliphatic hydroxyl groups excluding tert-OH is 1. The van der Waals surface area contributed by atoms with Crippen LogP contribution < -0.4 is 4.72 Å². The zero-order chi connectivity index (χ0) is 13.7. The van der Waals surface area contributed by atoms with E-state index in [9.17, 15) is 8.42 Å². The summed E-state index contributed by atoms with van der Waals surface area (Å²) in [5.74, 6) is 0.352. The highest BCUT2D eigenvalue weighted by Gasteiger charge is 2.29. The third kappa shape index (κ3) is 4.39. The van der Waals surface area contributed by atoms with Crippen LogP contribution >= 0.6 is 0 Å². The largest absolute Gasteiger partial charge is 0.396 e. The Hall–Kier alpha value is -0.210. The molecular weight excluding hydrogens is 268 g/mol. The second-order valence-corrected chi connectivity index (χ2v) is 7.24. The minimum atomic E-state index is -3.41. The second kappa shape index (κ2) is 6.99. The van der Waals surface area contributed by atoms with Gasteiger partial charge in [0.05, 0.1) is 6.61 Å². The van der Waals surface area contributed by atoms with Gasteiger partial charge in [-0.3, -0.25) is 0 Å². The molecule has 2 saturated heterocycles. The lowest BCUT2D eigenvalue weighted by atomic mass is 10.0. The molecule has 0 radical (unpaired) electrons. The molecule has 2 N–H and O–H groups in total. The summed E-state index contributed by atoms with van der Waals surface area (Å²) in [5.41, 5.74) is 0. The summed E-state index contributed by atoms with van der Waals surface area (Å²) in [5, 5.41) is 9.15. The van der Waals surface area contributed by atoms with Crippen LogP contribution in [0.5, 0.6) is 0 Å². The van der Waals surface area contributed by atoms with Crippen LogP contribution in [0.3, 0.4) is 0 Å². The monoisotopic (exact) mass is 292 g/mol. The molecule has 112 valence electrons. The molecule has 0 bridgehead atoms. The van der Waals surface area contributed by atoms with Crippen molar-refractivity contribution in [2.75, 3.05) is 39.5 Å². The van der Waals surface area contributed by atoms with E-state index < -0.39 is 10.2 Å². The lowest BCUT2D eigenvalue weighted by Crippen LogP contribution is -2.48. The summed E-state index contributed by atoms with van der Waals surface area (Å²) < 4.78 is 33.8. The number of nitrogens with one attached hydrogen (secondary N) is 1. The van der Waals surface area contributed by atoms with Crippen molar-refractivity contribution in [3.63, 3.8) is 0 Å². The van der Waals surface area contributed by atoms with Gasteiger partial charge in [0.1, 0.15) is 0 Å². The number of aliphatic hydroxyl groups is 1. The van der Waals surface area contributed by atoms with Crippen molar-refractivity contribution >= 4 is 10.2 Å². The van der Waals surface area contributed by atoms with Crippen LogP contribution in [0.25, 0.3) is 0 Å². The Morgan fingerprint density at radius 1 is 1.26 bits per heavy atom. The van der Waals surface area contributed by atoms with Crippen molar-refractivity contribution in [2.45, 2.75) is 25.7 Å². The van der Waals surface area contributed by atoms with E-state index in [1.807, 2.05) is 0 Å². The van der Waals surface area contributed by atoms with E-state index in [-0.39, 0.29) is 18.4 Å². The number of hydrogen-bond donors (Lipinski definition) is 2. The molecule has 2 rings (SSSR count). The van der Waals surface area contributed by atoms with E-state index in [1.54, 1.807) is 0 Å². The molecule has 6 nitrogen and oxygen atoms in total. The number of hydrogen-bond acceptors (Lipinski definition) is 4. The minimum Gasteiger partial charge on any atom is -0.396 e. The van der Waals surface area contributed by atoms with Crippen LogP contribution in [0, 0.1) is 11.8 Å². The van der Waals surface area contributed by atoms with Crippen molar-refractivity contribution in [2.24, 2.45) is 11.8 Å². The first-order valence-corrected chi connectivity index (χ1v) is 8.49. The van der Waals surface area contributed by atoms with Crippen molar-refractivity contribution in [3.8, 4) is 0 Å². The Morgan fingerprint density at radius 2 is 2.05 bits per heavy atom. The van der Waals surface area contributed by atoms with Crippen LogP contribution in [0.1, 0.15) is 25.7 Å². The van der Waals surface area contributed by atoms with Gasteiger partial charge in [-0.2, -0.15) is 12.7 Å². The van der Waals surface area contributed by atoms with Crippen molar-refractivity contribution < 1.29 is 18.3 Å². The maximum atomic E-state index is 12.2. The summed E-state index contributed by atoms with van der Waals surface area (Å²) in [6.45, 7) is 2.90. The third-order valence-electron chi connectivity index (χ3n) is 3.89. The Bertz CT molecular complexity index is 368. The van der Waals surface area contributed by atoms with Gasteiger partial charge in [0.2, 0.25) is 0 Å². The average Bonchev–Trinajstić information content (AvgIpc) is 2.46. The van der Waals surface area contributed by atoms with Crippen molar-refractivity contribution in [3.05, 3.63) is 0 Å². The van der Waals surface area contributed by atoms with Crippen LogP contribution in [0.2, 0.25) is 0 Å². The van der Waals surface area contributed by atoms with Gasteiger partial charge < -0.3 is 9.84 Å². The first-order valence-electron chi connectivity index (χ1n) is 7.05. The van der Waals surface area contributed by atoms with Gasteiger partial charge in [0.25, 0.3) is 10.2 Å². The number of piperidine rings is 1. The van der Waals surface area contributed by atoms with E-state index in [1.165, 1.54) is 4.31 Å². The van der Waals surface area contributed by atoms with E-state index in [0.717, 1.165) is 32.3 Å². The molecule has 2 fully saturated rings. The molecule has 2 unspecified atom stereocenters. The van der Waals surface area contributed by atoms with Crippen LogP contribution in [-0.2, 0) is 14.9 Å². The molecular formula is C12H24N2O4S. The highest BCUT2D eigenvalue weighted by molar-refractivity contribution is 7.87. The summed E-state index contributed by atoms with van der Waals surface area (Å²) in [7, 11) is -3.41. The van der Waals surface area contributed by atoms with Gasteiger partial charge in [-0.05, 0) is 37.5 Å². The number of ether oxygens (including phenoxy) is 1.